The van der Waals surface area contributed by atoms with Gasteiger partial charge >= 0.3 is 0 Å². The molecule has 374 valence electrons. The van der Waals surface area contributed by atoms with E-state index in [1.807, 2.05) is 178 Å². The van der Waals surface area contributed by atoms with Gasteiger partial charge in [-0.1, -0.05) is 238 Å². The number of carbonyl (C=O) groups excluding carboxylic acids is 2. The predicted molar refractivity (Wildman–Crippen MR) is 298 cm³/mol. The second-order valence-corrected chi connectivity index (χ2v) is 13.9. The summed E-state index contributed by atoms with van der Waals surface area (Å²) >= 11 is 0. The minimum Gasteiger partial charge on any atom is -0.351 e. The summed E-state index contributed by atoms with van der Waals surface area (Å²) in [7, 11) is 0. The standard InChI is InChI=1S/C26H28N2O.C19H22N2O.8C2H6/c29-25(23-12-6-2-7-13-23)27-21-26(24-14-8-3-9-15-24)16-18-28(19-17-26)20-22-10-4-1-5-11-22;22-18(16-7-3-1-4-8-16)21-15-19(11-13-20-14-12-19)17-9-5-2-6-10-17;8*1-2/h1-15H,16-21H2,(H,27,29);1-10,20H,11-15H2,(H,21,22);8*1-2H3. The molecule has 67 heavy (non-hydrogen) atoms. The number of carbonyl (C=O) groups is 2. The van der Waals surface area contributed by atoms with Crippen molar-refractivity contribution in [2.45, 2.75) is 154 Å². The molecular formula is C61H98N4O2. The molecule has 5 aromatic carbocycles. The third kappa shape index (κ3) is 24.5. The Kier molecular flexibility index (Phi) is 44.3. The molecule has 0 spiro atoms. The lowest BCUT2D eigenvalue weighted by atomic mass is 9.72. The highest BCUT2D eigenvalue weighted by molar-refractivity contribution is 5.94. The van der Waals surface area contributed by atoms with Crippen LogP contribution < -0.4 is 16.0 Å². The van der Waals surface area contributed by atoms with Crippen molar-refractivity contribution in [2.24, 2.45) is 0 Å². The highest BCUT2D eigenvalue weighted by Crippen LogP contribution is 2.36. The molecule has 2 amide bonds. The van der Waals surface area contributed by atoms with Crippen LogP contribution in [0.2, 0.25) is 0 Å². The average molecular weight is 919 g/mol. The molecule has 0 bridgehead atoms. The number of hydrogen-bond acceptors (Lipinski definition) is 4. The topological polar surface area (TPSA) is 73.5 Å². The maximum absolute atomic E-state index is 12.6. The monoisotopic (exact) mass is 919 g/mol. The molecule has 2 fully saturated rings. The summed E-state index contributed by atoms with van der Waals surface area (Å²) in [5.41, 5.74) is 5.47. The minimum atomic E-state index is -0.0150. The van der Waals surface area contributed by atoms with Gasteiger partial charge in [0, 0.05) is 41.6 Å². The van der Waals surface area contributed by atoms with E-state index in [1.165, 1.54) is 16.7 Å². The van der Waals surface area contributed by atoms with Crippen LogP contribution in [0, 0.1) is 0 Å². The van der Waals surface area contributed by atoms with Crippen LogP contribution in [0.25, 0.3) is 0 Å². The Morgan fingerprint density at radius 1 is 0.418 bits per heavy atom. The van der Waals surface area contributed by atoms with Crippen LogP contribution >= 0.6 is 0 Å². The van der Waals surface area contributed by atoms with Crippen molar-refractivity contribution in [3.05, 3.63) is 179 Å². The van der Waals surface area contributed by atoms with Crippen LogP contribution in [-0.4, -0.2) is 56.0 Å². The smallest absolute Gasteiger partial charge is 0.251 e. The Morgan fingerprint density at radius 2 is 0.701 bits per heavy atom. The average Bonchev–Trinajstić information content (AvgIpc) is 3.46. The first-order valence-electron chi connectivity index (χ1n) is 26.3. The van der Waals surface area contributed by atoms with Gasteiger partial charge in [0.1, 0.15) is 0 Å². The third-order valence-electron chi connectivity index (χ3n) is 10.6. The molecule has 0 aliphatic carbocycles. The van der Waals surface area contributed by atoms with Gasteiger partial charge in [-0.25, -0.2) is 0 Å². The molecule has 7 rings (SSSR count). The summed E-state index contributed by atoms with van der Waals surface area (Å²) in [6, 6.07) is 50.8. The number of amides is 2. The molecule has 0 unspecified atom stereocenters. The summed E-state index contributed by atoms with van der Waals surface area (Å²) in [6.07, 6.45) is 4.18. The number of rotatable bonds is 10. The first kappa shape index (κ1) is 66.2. The lowest BCUT2D eigenvalue weighted by Gasteiger charge is -2.42. The van der Waals surface area contributed by atoms with Crippen LogP contribution in [0.15, 0.2) is 152 Å². The van der Waals surface area contributed by atoms with E-state index in [0.29, 0.717) is 13.1 Å². The van der Waals surface area contributed by atoms with Gasteiger partial charge in [0.15, 0.2) is 0 Å². The summed E-state index contributed by atoms with van der Waals surface area (Å²) in [4.78, 5) is 27.5. The van der Waals surface area contributed by atoms with Gasteiger partial charge in [0.2, 0.25) is 0 Å². The van der Waals surface area contributed by atoms with Crippen LogP contribution in [-0.2, 0) is 17.4 Å². The third-order valence-corrected chi connectivity index (χ3v) is 10.6. The molecule has 5 aromatic rings. The van der Waals surface area contributed by atoms with Gasteiger partial charge in [-0.05, 0) is 92.8 Å². The highest BCUT2D eigenvalue weighted by Gasteiger charge is 2.37. The van der Waals surface area contributed by atoms with Crippen LogP contribution in [0.1, 0.15) is 174 Å². The van der Waals surface area contributed by atoms with E-state index < -0.39 is 0 Å². The quantitative estimate of drug-likeness (QED) is 0.130. The van der Waals surface area contributed by atoms with Crippen molar-refractivity contribution in [3.8, 4) is 0 Å². The van der Waals surface area contributed by atoms with E-state index in [0.717, 1.165) is 69.5 Å². The number of nitrogens with zero attached hydrogens (tertiary/aromatic N) is 1. The number of nitrogens with one attached hydrogen (secondary N) is 3. The maximum Gasteiger partial charge on any atom is 0.251 e. The molecule has 2 heterocycles. The molecule has 2 aliphatic heterocycles. The largest absolute Gasteiger partial charge is 0.351 e. The van der Waals surface area contributed by atoms with Crippen molar-refractivity contribution in [3.63, 3.8) is 0 Å². The highest BCUT2D eigenvalue weighted by atomic mass is 16.2. The lowest BCUT2D eigenvalue weighted by molar-refractivity contribution is 0.0917. The molecule has 0 radical (unpaired) electrons. The van der Waals surface area contributed by atoms with E-state index in [2.05, 4.69) is 106 Å². The molecule has 3 N–H and O–H groups in total. The SMILES string of the molecule is CC.CC.CC.CC.CC.CC.CC.CC.O=C(NCC1(c2ccccc2)CCN(Cc2ccccc2)CC1)c1ccccc1.O=C(NCC1(c2ccccc2)CCNCC1)c1ccccc1. The van der Waals surface area contributed by atoms with Crippen LogP contribution in [0.3, 0.4) is 0 Å². The summed E-state index contributed by atoms with van der Waals surface area (Å²) in [5, 5.41) is 9.77. The zero-order valence-corrected chi connectivity index (χ0v) is 45.5. The van der Waals surface area contributed by atoms with Gasteiger partial charge < -0.3 is 16.0 Å². The minimum absolute atomic E-state index is 0.00706. The van der Waals surface area contributed by atoms with Gasteiger partial charge in [0.05, 0.1) is 0 Å². The fraction of sp³-hybridized carbons (Fsp3) is 0.475. The number of benzene rings is 5. The van der Waals surface area contributed by atoms with E-state index in [-0.39, 0.29) is 22.6 Å². The molecule has 0 atom stereocenters. The van der Waals surface area contributed by atoms with Crippen molar-refractivity contribution in [2.75, 3.05) is 39.3 Å². The predicted octanol–water partition coefficient (Wildman–Crippen LogP) is 15.6. The maximum atomic E-state index is 12.6. The Morgan fingerprint density at radius 3 is 1.03 bits per heavy atom. The van der Waals surface area contributed by atoms with Gasteiger partial charge in [-0.3, -0.25) is 14.5 Å². The fourth-order valence-corrected chi connectivity index (χ4v) is 7.49. The van der Waals surface area contributed by atoms with Crippen molar-refractivity contribution >= 4 is 11.8 Å². The van der Waals surface area contributed by atoms with E-state index >= 15 is 0 Å². The molecule has 2 saturated heterocycles. The molecule has 6 heteroatoms. The van der Waals surface area contributed by atoms with E-state index in [1.54, 1.807) is 0 Å². The first-order valence-corrected chi connectivity index (χ1v) is 26.3. The Bertz CT molecular complexity index is 1770. The number of hydrogen-bond donors (Lipinski definition) is 3. The van der Waals surface area contributed by atoms with Gasteiger partial charge in [-0.15, -0.1) is 0 Å². The lowest BCUT2D eigenvalue weighted by Crippen LogP contribution is -2.48. The summed E-state index contributed by atoms with van der Waals surface area (Å²) in [6.45, 7) is 38.4. The van der Waals surface area contributed by atoms with Crippen molar-refractivity contribution < 1.29 is 9.59 Å². The van der Waals surface area contributed by atoms with Crippen molar-refractivity contribution in [1.82, 2.24) is 20.9 Å². The van der Waals surface area contributed by atoms with Crippen LogP contribution in [0.5, 0.6) is 0 Å². The normalized spacial score (nSPS) is 13.3. The Balaban J connectivity index is -0.000000959. The molecule has 6 nitrogen and oxygen atoms in total. The Hall–Kier alpha value is -5.04. The van der Waals surface area contributed by atoms with E-state index in [9.17, 15) is 9.59 Å². The van der Waals surface area contributed by atoms with Crippen molar-refractivity contribution in [1.29, 1.82) is 0 Å². The van der Waals surface area contributed by atoms with E-state index in [4.69, 9.17) is 0 Å². The number of likely N-dealkylation sites (tertiary alicyclic amines) is 1. The molecule has 0 aromatic heterocycles. The molecule has 0 saturated carbocycles. The zero-order chi connectivity index (χ0) is 51.2. The Labute approximate surface area is 413 Å². The molecule has 2 aliphatic rings. The summed E-state index contributed by atoms with van der Waals surface area (Å²) < 4.78 is 0. The van der Waals surface area contributed by atoms with Gasteiger partial charge in [0.25, 0.3) is 11.8 Å². The second-order valence-electron chi connectivity index (χ2n) is 13.9. The first-order chi connectivity index (χ1) is 33.1. The van der Waals surface area contributed by atoms with Crippen LogP contribution in [0.4, 0.5) is 0 Å². The fourth-order valence-electron chi connectivity index (χ4n) is 7.49. The second kappa shape index (κ2) is 44.8. The number of piperidine rings is 2. The zero-order valence-electron chi connectivity index (χ0n) is 45.5. The van der Waals surface area contributed by atoms with Gasteiger partial charge in [-0.2, -0.15) is 0 Å². The molecular weight excluding hydrogens is 821 g/mol. The summed E-state index contributed by atoms with van der Waals surface area (Å²) in [5.74, 6) is 0.0158.